The van der Waals surface area contributed by atoms with Crippen LogP contribution in [0.25, 0.3) is 6.08 Å². The van der Waals surface area contributed by atoms with Crippen LogP contribution in [0.3, 0.4) is 0 Å². The highest BCUT2D eigenvalue weighted by molar-refractivity contribution is 8.18. The maximum atomic E-state index is 12.8. The first kappa shape index (κ1) is 22.2. The summed E-state index contributed by atoms with van der Waals surface area (Å²) in [5, 5.41) is 0.651. The molecule has 168 valence electrons. The van der Waals surface area contributed by atoms with E-state index >= 15 is 0 Å². The first-order valence-electron chi connectivity index (χ1n) is 10.4. The number of thioether (sulfide) groups is 1. The van der Waals surface area contributed by atoms with E-state index in [1.165, 1.54) is 11.8 Å². The minimum absolute atomic E-state index is 0.0760. The van der Waals surface area contributed by atoms with E-state index in [2.05, 4.69) is 17.0 Å². The van der Waals surface area contributed by atoms with Gasteiger partial charge in [0.1, 0.15) is 0 Å². The Kier molecular flexibility index (Phi) is 6.72. The van der Waals surface area contributed by atoms with Gasteiger partial charge in [-0.05, 0) is 72.3 Å². The smallest absolute Gasteiger partial charge is 0.266 e. The monoisotopic (exact) mass is 453 g/mol. The normalized spacial score (nSPS) is 19.2. The Bertz CT molecular complexity index is 1060. The van der Waals surface area contributed by atoms with Crippen LogP contribution in [0.4, 0.5) is 11.4 Å². The SMILES string of the molecule is COc1cc(C)c(/C=C2\SC(=Nc3ccc(N4CCOCC4)cc3)N(C)C2=O)cc1OC. The van der Waals surface area contributed by atoms with E-state index in [4.69, 9.17) is 19.2 Å². The highest BCUT2D eigenvalue weighted by Crippen LogP contribution is 2.36. The summed E-state index contributed by atoms with van der Waals surface area (Å²) in [6, 6.07) is 11.9. The van der Waals surface area contributed by atoms with Crippen molar-refractivity contribution in [3.8, 4) is 11.5 Å². The molecule has 0 radical (unpaired) electrons. The zero-order valence-corrected chi connectivity index (χ0v) is 19.6. The van der Waals surface area contributed by atoms with Crippen molar-refractivity contribution in [2.24, 2.45) is 4.99 Å². The number of amides is 1. The van der Waals surface area contributed by atoms with Crippen LogP contribution >= 0.6 is 11.8 Å². The third-order valence-electron chi connectivity index (χ3n) is 5.51. The van der Waals surface area contributed by atoms with Gasteiger partial charge in [-0.2, -0.15) is 0 Å². The molecule has 2 fully saturated rings. The number of carbonyl (C=O) groups is 1. The maximum Gasteiger partial charge on any atom is 0.266 e. The van der Waals surface area contributed by atoms with Crippen molar-refractivity contribution in [3.05, 3.63) is 52.4 Å². The van der Waals surface area contributed by atoms with Gasteiger partial charge in [0.15, 0.2) is 16.7 Å². The molecule has 4 rings (SSSR count). The second kappa shape index (κ2) is 9.67. The third-order valence-corrected chi connectivity index (χ3v) is 6.57. The highest BCUT2D eigenvalue weighted by atomic mass is 32.2. The molecular formula is C24H27N3O4S. The predicted molar refractivity (Wildman–Crippen MR) is 129 cm³/mol. The van der Waals surface area contributed by atoms with Gasteiger partial charge in [-0.25, -0.2) is 4.99 Å². The average Bonchev–Trinajstić information content (AvgIpc) is 3.08. The van der Waals surface area contributed by atoms with Crippen LogP contribution in [0.5, 0.6) is 11.5 Å². The van der Waals surface area contributed by atoms with Gasteiger partial charge < -0.3 is 19.1 Å². The summed E-state index contributed by atoms with van der Waals surface area (Å²) in [6.07, 6.45) is 1.88. The third kappa shape index (κ3) is 4.61. The van der Waals surface area contributed by atoms with Crippen LogP contribution < -0.4 is 14.4 Å². The number of nitrogens with zero attached hydrogens (tertiary/aromatic N) is 3. The molecule has 8 heteroatoms. The van der Waals surface area contributed by atoms with E-state index in [9.17, 15) is 4.79 Å². The number of benzene rings is 2. The van der Waals surface area contributed by atoms with Crippen LogP contribution in [0.1, 0.15) is 11.1 Å². The van der Waals surface area contributed by atoms with E-state index in [1.54, 1.807) is 26.2 Å². The Morgan fingerprint density at radius 3 is 2.38 bits per heavy atom. The molecule has 2 aromatic carbocycles. The van der Waals surface area contributed by atoms with Gasteiger partial charge in [0.2, 0.25) is 0 Å². The fourth-order valence-corrected chi connectivity index (χ4v) is 4.59. The molecule has 0 bridgehead atoms. The van der Waals surface area contributed by atoms with Crippen molar-refractivity contribution in [2.75, 3.05) is 52.5 Å². The minimum atomic E-state index is -0.0760. The molecule has 2 saturated heterocycles. The number of aryl methyl sites for hydroxylation is 1. The molecular weight excluding hydrogens is 426 g/mol. The molecule has 0 atom stereocenters. The number of amidine groups is 1. The van der Waals surface area contributed by atoms with Crippen molar-refractivity contribution in [1.82, 2.24) is 4.90 Å². The fraction of sp³-hybridized carbons (Fsp3) is 0.333. The van der Waals surface area contributed by atoms with Crippen molar-refractivity contribution in [3.63, 3.8) is 0 Å². The first-order valence-corrected chi connectivity index (χ1v) is 11.2. The molecule has 1 amide bonds. The van der Waals surface area contributed by atoms with Gasteiger partial charge in [-0.15, -0.1) is 0 Å². The van der Waals surface area contributed by atoms with Crippen molar-refractivity contribution >= 4 is 40.3 Å². The standard InChI is InChI=1S/C24H27N3O4S/c1-16-13-20(29-3)21(30-4)14-17(16)15-22-23(28)26(2)24(32-22)25-18-5-7-19(8-6-18)27-9-11-31-12-10-27/h5-8,13-15H,9-12H2,1-4H3/b22-15-,25-24?. The number of hydrogen-bond acceptors (Lipinski definition) is 7. The number of rotatable bonds is 5. The van der Waals surface area contributed by atoms with Gasteiger partial charge >= 0.3 is 0 Å². The molecule has 32 heavy (non-hydrogen) atoms. The lowest BCUT2D eigenvalue weighted by Gasteiger charge is -2.28. The molecule has 2 heterocycles. The summed E-state index contributed by atoms with van der Waals surface area (Å²) < 4.78 is 16.2. The number of anilines is 1. The van der Waals surface area contributed by atoms with Crippen molar-refractivity contribution in [1.29, 1.82) is 0 Å². The second-order valence-electron chi connectivity index (χ2n) is 7.55. The largest absolute Gasteiger partial charge is 0.493 e. The molecule has 0 unspecified atom stereocenters. The van der Waals surface area contributed by atoms with Crippen LogP contribution in [0.15, 0.2) is 46.3 Å². The van der Waals surface area contributed by atoms with Gasteiger partial charge in [-0.3, -0.25) is 9.69 Å². The van der Waals surface area contributed by atoms with Crippen molar-refractivity contribution < 1.29 is 19.0 Å². The minimum Gasteiger partial charge on any atom is -0.493 e. The second-order valence-corrected chi connectivity index (χ2v) is 8.56. The Morgan fingerprint density at radius 2 is 1.72 bits per heavy atom. The molecule has 0 aliphatic carbocycles. The number of carbonyl (C=O) groups excluding carboxylic acids is 1. The quantitative estimate of drug-likeness (QED) is 0.636. The zero-order valence-electron chi connectivity index (χ0n) is 18.8. The topological polar surface area (TPSA) is 63.6 Å². The van der Waals surface area contributed by atoms with Gasteiger partial charge in [-0.1, -0.05) is 0 Å². The Balaban J connectivity index is 1.55. The molecule has 0 saturated carbocycles. The number of aliphatic imine (C=N–C) groups is 1. The van der Waals surface area contributed by atoms with Crippen LogP contribution in [0.2, 0.25) is 0 Å². The number of hydrogen-bond donors (Lipinski definition) is 0. The molecule has 7 nitrogen and oxygen atoms in total. The Labute approximate surface area is 192 Å². The lowest BCUT2D eigenvalue weighted by molar-refractivity contribution is -0.121. The van der Waals surface area contributed by atoms with Crippen LogP contribution in [-0.4, -0.2) is 63.5 Å². The van der Waals surface area contributed by atoms with Crippen LogP contribution in [0, 0.1) is 6.92 Å². The molecule has 0 N–H and O–H groups in total. The number of likely N-dealkylation sites (N-methyl/N-ethyl adjacent to an activating group) is 1. The van der Waals surface area contributed by atoms with Crippen molar-refractivity contribution in [2.45, 2.75) is 6.92 Å². The number of morpholine rings is 1. The summed E-state index contributed by atoms with van der Waals surface area (Å²) in [7, 11) is 4.96. The average molecular weight is 454 g/mol. The van der Waals surface area contributed by atoms with Gasteiger partial charge in [0.05, 0.1) is 38.0 Å². The van der Waals surface area contributed by atoms with E-state index < -0.39 is 0 Å². The summed E-state index contributed by atoms with van der Waals surface area (Å²) in [4.78, 5) is 22.0. The Morgan fingerprint density at radius 1 is 1.06 bits per heavy atom. The lowest BCUT2D eigenvalue weighted by Crippen LogP contribution is -2.36. The summed E-state index contributed by atoms with van der Waals surface area (Å²) >= 11 is 1.37. The summed E-state index contributed by atoms with van der Waals surface area (Å²) in [6.45, 7) is 5.27. The van der Waals surface area contributed by atoms with E-state index in [1.807, 2.05) is 37.3 Å². The maximum absolute atomic E-state index is 12.8. The van der Waals surface area contributed by atoms with E-state index in [-0.39, 0.29) is 5.91 Å². The lowest BCUT2D eigenvalue weighted by atomic mass is 10.1. The molecule has 2 aliphatic rings. The van der Waals surface area contributed by atoms with E-state index in [0.29, 0.717) is 21.6 Å². The summed E-state index contributed by atoms with van der Waals surface area (Å²) in [5.41, 5.74) is 3.87. The predicted octanol–water partition coefficient (Wildman–Crippen LogP) is 4.08. The molecule has 2 aliphatic heterocycles. The van der Waals surface area contributed by atoms with Gasteiger partial charge in [0.25, 0.3) is 5.91 Å². The molecule has 2 aromatic rings. The molecule has 0 spiro atoms. The fourth-order valence-electron chi connectivity index (χ4n) is 3.61. The zero-order chi connectivity index (χ0) is 22.7. The van der Waals surface area contributed by atoms with E-state index in [0.717, 1.165) is 48.8 Å². The first-order chi connectivity index (χ1) is 15.5. The Hall–Kier alpha value is -2.97. The highest BCUT2D eigenvalue weighted by Gasteiger charge is 2.30. The summed E-state index contributed by atoms with van der Waals surface area (Å²) in [5.74, 6) is 1.22. The van der Waals surface area contributed by atoms with Gasteiger partial charge in [0, 0.05) is 25.8 Å². The number of ether oxygens (including phenoxy) is 3. The van der Waals surface area contributed by atoms with Crippen LogP contribution in [-0.2, 0) is 9.53 Å². The number of methoxy groups -OCH3 is 2. The molecule has 0 aromatic heterocycles.